The highest BCUT2D eigenvalue weighted by molar-refractivity contribution is 6.04. The number of hydrogen-bond donors (Lipinski definition) is 3. The van der Waals surface area contributed by atoms with Gasteiger partial charge in [0.15, 0.2) is 6.61 Å². The molecule has 2 rings (SSSR count). The van der Waals surface area contributed by atoms with E-state index < -0.39 is 36.3 Å². The van der Waals surface area contributed by atoms with Crippen molar-refractivity contribution in [3.05, 3.63) is 71.3 Å². The van der Waals surface area contributed by atoms with Crippen LogP contribution < -0.4 is 10.6 Å². The molecule has 0 spiro atoms. The summed E-state index contributed by atoms with van der Waals surface area (Å²) < 4.78 is 9.54. The molecule has 0 aliphatic carbocycles. The molecule has 2 aromatic rings. The Balaban J connectivity index is 1.85. The molecule has 0 fully saturated rings. The number of amides is 2. The molecule has 2 aromatic carbocycles. The predicted molar refractivity (Wildman–Crippen MR) is 113 cm³/mol. The van der Waals surface area contributed by atoms with Gasteiger partial charge in [-0.15, -0.1) is 0 Å². The number of carbonyl (C=O) groups excluding carboxylic acids is 4. The number of methoxy groups -OCH3 is 1. The van der Waals surface area contributed by atoms with Crippen LogP contribution >= 0.6 is 0 Å². The zero-order valence-electron chi connectivity index (χ0n) is 17.2. The van der Waals surface area contributed by atoms with Crippen LogP contribution in [0, 0.1) is 0 Å². The molecule has 3 N–H and O–H groups in total. The molecule has 2 amide bonds. The summed E-state index contributed by atoms with van der Waals surface area (Å²) in [5, 5.41) is 13.7. The average molecular weight is 440 g/mol. The predicted octanol–water partition coefficient (Wildman–Crippen LogP) is 2.24. The van der Waals surface area contributed by atoms with Gasteiger partial charge >= 0.3 is 17.9 Å². The number of carboxylic acid groups (broad SMARTS) is 1. The van der Waals surface area contributed by atoms with Gasteiger partial charge in [0.05, 0.1) is 18.2 Å². The van der Waals surface area contributed by atoms with Crippen LogP contribution in [0.5, 0.6) is 0 Å². The fraction of sp³-hybridized carbons (Fsp3) is 0.136. The topological polar surface area (TPSA) is 148 Å². The molecule has 0 aromatic heterocycles. The van der Waals surface area contributed by atoms with Crippen molar-refractivity contribution in [2.75, 3.05) is 24.4 Å². The third-order valence-electron chi connectivity index (χ3n) is 4.00. The van der Waals surface area contributed by atoms with Crippen molar-refractivity contribution in [2.45, 2.75) is 6.92 Å². The number of hydrogen-bond acceptors (Lipinski definition) is 7. The molecular weight excluding hydrogens is 420 g/mol. The summed E-state index contributed by atoms with van der Waals surface area (Å²) in [6, 6.07) is 11.6. The van der Waals surface area contributed by atoms with E-state index in [1.807, 2.05) is 0 Å². The fourth-order valence-electron chi connectivity index (χ4n) is 2.35. The minimum atomic E-state index is -1.21. The van der Waals surface area contributed by atoms with Gasteiger partial charge in [0.25, 0.3) is 5.91 Å². The van der Waals surface area contributed by atoms with Gasteiger partial charge < -0.3 is 25.2 Å². The van der Waals surface area contributed by atoms with Gasteiger partial charge in [-0.2, -0.15) is 0 Å². The van der Waals surface area contributed by atoms with Crippen molar-refractivity contribution in [2.24, 2.45) is 0 Å². The number of benzene rings is 2. The second-order valence-corrected chi connectivity index (χ2v) is 6.39. The summed E-state index contributed by atoms with van der Waals surface area (Å²) in [7, 11) is 1.26. The van der Waals surface area contributed by atoms with Crippen molar-refractivity contribution in [1.29, 1.82) is 0 Å². The molecule has 32 heavy (non-hydrogen) atoms. The molecule has 0 saturated heterocycles. The largest absolute Gasteiger partial charge is 0.478 e. The summed E-state index contributed by atoms with van der Waals surface area (Å²) in [5.41, 5.74) is 1.10. The second-order valence-electron chi connectivity index (χ2n) is 6.39. The maximum atomic E-state index is 12.1. The molecule has 0 aliphatic rings. The number of esters is 2. The number of aliphatic carboxylic acids is 1. The van der Waals surface area contributed by atoms with Gasteiger partial charge in [0.2, 0.25) is 5.91 Å². The van der Waals surface area contributed by atoms with E-state index in [4.69, 9.17) is 9.84 Å². The smallest absolute Gasteiger partial charge is 0.338 e. The van der Waals surface area contributed by atoms with Crippen molar-refractivity contribution in [1.82, 2.24) is 0 Å². The van der Waals surface area contributed by atoms with Gasteiger partial charge in [0.1, 0.15) is 0 Å². The molecule has 0 radical (unpaired) electrons. The van der Waals surface area contributed by atoms with E-state index in [1.165, 1.54) is 62.6 Å². The van der Waals surface area contributed by atoms with Crippen LogP contribution in [0.2, 0.25) is 0 Å². The number of carbonyl (C=O) groups is 5. The summed E-state index contributed by atoms with van der Waals surface area (Å²) in [4.78, 5) is 57.9. The van der Waals surface area contributed by atoms with Crippen LogP contribution in [0.1, 0.15) is 27.6 Å². The summed E-state index contributed by atoms with van der Waals surface area (Å²) in [6.07, 6.45) is 0.937. The standard InChI is InChI=1S/C22H20N2O8/c1-13(20(27)28)11-18(25)23-16-9-5-15(6-10-16)22(30)32-12-19(26)24-17-7-3-14(4-8-17)21(29)31-2/h3-11H,12H2,1-2H3,(H,23,25)(H,24,26)(H,27,28)/b13-11+. The van der Waals surface area contributed by atoms with Crippen LogP contribution in [0.25, 0.3) is 0 Å². The van der Waals surface area contributed by atoms with Gasteiger partial charge in [-0.3, -0.25) is 9.59 Å². The number of nitrogens with one attached hydrogen (secondary N) is 2. The Hall–Kier alpha value is -4.47. The molecule has 0 heterocycles. The maximum Gasteiger partial charge on any atom is 0.338 e. The quantitative estimate of drug-likeness (QED) is 0.418. The average Bonchev–Trinajstić information content (AvgIpc) is 2.77. The lowest BCUT2D eigenvalue weighted by atomic mass is 10.2. The van der Waals surface area contributed by atoms with E-state index in [0.29, 0.717) is 16.9 Å². The minimum absolute atomic E-state index is 0.125. The summed E-state index contributed by atoms with van der Waals surface area (Å²) in [5.74, 6) is -3.67. The molecule has 10 heteroatoms. The highest BCUT2D eigenvalue weighted by atomic mass is 16.5. The molecule has 0 aliphatic heterocycles. The Morgan fingerprint density at radius 1 is 0.844 bits per heavy atom. The van der Waals surface area contributed by atoms with Crippen molar-refractivity contribution >= 4 is 41.1 Å². The van der Waals surface area contributed by atoms with E-state index in [2.05, 4.69) is 15.4 Å². The van der Waals surface area contributed by atoms with Crippen LogP contribution in [0.3, 0.4) is 0 Å². The van der Waals surface area contributed by atoms with E-state index >= 15 is 0 Å². The highest BCUT2D eigenvalue weighted by Gasteiger charge is 2.12. The maximum absolute atomic E-state index is 12.1. The SMILES string of the molecule is COC(=O)c1ccc(NC(=O)COC(=O)c2ccc(NC(=O)/C=C(\C)C(=O)O)cc2)cc1. The Labute approximate surface area is 182 Å². The molecule has 0 saturated carbocycles. The van der Waals surface area contributed by atoms with E-state index in [0.717, 1.165) is 6.08 Å². The van der Waals surface area contributed by atoms with Crippen LogP contribution in [0.4, 0.5) is 11.4 Å². The third kappa shape index (κ3) is 7.10. The zero-order valence-corrected chi connectivity index (χ0v) is 17.2. The Morgan fingerprint density at radius 3 is 1.84 bits per heavy atom. The number of anilines is 2. The lowest BCUT2D eigenvalue weighted by Crippen LogP contribution is -2.21. The van der Waals surface area contributed by atoms with Gasteiger partial charge in [-0.05, 0) is 55.5 Å². The van der Waals surface area contributed by atoms with Crippen molar-refractivity contribution in [3.8, 4) is 0 Å². The van der Waals surface area contributed by atoms with Crippen LogP contribution in [0.15, 0.2) is 60.2 Å². The van der Waals surface area contributed by atoms with E-state index in [1.54, 1.807) is 0 Å². The van der Waals surface area contributed by atoms with Gasteiger partial charge in [-0.1, -0.05) is 0 Å². The molecule has 0 bridgehead atoms. The van der Waals surface area contributed by atoms with Gasteiger partial charge in [-0.25, -0.2) is 14.4 Å². The third-order valence-corrected chi connectivity index (χ3v) is 4.00. The lowest BCUT2D eigenvalue weighted by molar-refractivity contribution is -0.132. The van der Waals surface area contributed by atoms with Crippen molar-refractivity contribution in [3.63, 3.8) is 0 Å². The first-order valence-electron chi connectivity index (χ1n) is 9.17. The Morgan fingerprint density at radius 2 is 1.34 bits per heavy atom. The molecule has 0 atom stereocenters. The first-order chi connectivity index (χ1) is 15.2. The fourth-order valence-corrected chi connectivity index (χ4v) is 2.35. The Kier molecular flexibility index (Phi) is 8.23. The summed E-state index contributed by atoms with van der Waals surface area (Å²) in [6.45, 7) is 0.754. The first-order valence-corrected chi connectivity index (χ1v) is 9.17. The highest BCUT2D eigenvalue weighted by Crippen LogP contribution is 2.12. The monoisotopic (exact) mass is 440 g/mol. The second kappa shape index (κ2) is 11.1. The molecule has 10 nitrogen and oxygen atoms in total. The van der Waals surface area contributed by atoms with E-state index in [9.17, 15) is 24.0 Å². The van der Waals surface area contributed by atoms with Crippen molar-refractivity contribution < 1.29 is 38.6 Å². The van der Waals surface area contributed by atoms with E-state index in [-0.39, 0.29) is 11.1 Å². The molecule has 0 unspecified atom stereocenters. The first kappa shape index (κ1) is 23.8. The van der Waals surface area contributed by atoms with Crippen LogP contribution in [-0.4, -0.2) is 48.5 Å². The lowest BCUT2D eigenvalue weighted by Gasteiger charge is -2.08. The van der Waals surface area contributed by atoms with Gasteiger partial charge in [0, 0.05) is 23.0 Å². The summed E-state index contributed by atoms with van der Waals surface area (Å²) >= 11 is 0. The number of ether oxygens (including phenoxy) is 2. The Bertz CT molecular complexity index is 1060. The zero-order chi connectivity index (χ0) is 23.7. The number of carboxylic acids is 1. The normalized spacial score (nSPS) is 10.6. The molecular formula is C22H20N2O8. The minimum Gasteiger partial charge on any atom is -0.478 e. The number of rotatable bonds is 8. The molecule has 166 valence electrons. The van der Waals surface area contributed by atoms with Crippen LogP contribution in [-0.2, 0) is 23.9 Å².